The van der Waals surface area contributed by atoms with Gasteiger partial charge in [0.25, 0.3) is 0 Å². The van der Waals surface area contributed by atoms with Gasteiger partial charge in [-0.1, -0.05) is 30.3 Å². The predicted octanol–water partition coefficient (Wildman–Crippen LogP) is 1.85. The zero-order valence-corrected chi connectivity index (χ0v) is 15.0. The van der Waals surface area contributed by atoms with Crippen molar-refractivity contribution >= 4 is 17.5 Å². The average Bonchev–Trinajstić information content (AvgIpc) is 3.13. The van der Waals surface area contributed by atoms with E-state index in [-0.39, 0.29) is 13.3 Å². The van der Waals surface area contributed by atoms with Gasteiger partial charge in [0.15, 0.2) is 11.5 Å². The van der Waals surface area contributed by atoms with Crippen LogP contribution >= 0.6 is 0 Å². The number of fused-ring (bicyclic) bond motifs is 1. The molecule has 2 aromatic carbocycles. The Morgan fingerprint density at radius 1 is 1.07 bits per heavy atom. The highest BCUT2D eigenvalue weighted by atomic mass is 16.7. The minimum atomic E-state index is -1.12. The zero-order chi connectivity index (χ0) is 19.3. The number of ether oxygens (including phenoxy) is 2. The minimum absolute atomic E-state index is 0.0206. The summed E-state index contributed by atoms with van der Waals surface area (Å²) in [5, 5.41) is 15.4. The fraction of sp³-hybridized carbons (Fsp3) is 0.300. The van der Waals surface area contributed by atoms with Gasteiger partial charge < -0.3 is 25.2 Å². The van der Waals surface area contributed by atoms with Gasteiger partial charge in [-0.25, -0.2) is 0 Å². The van der Waals surface area contributed by atoms with Gasteiger partial charge in [0.1, 0.15) is 0 Å². The first-order valence-electron chi connectivity index (χ1n) is 8.68. The topological polar surface area (TPSA) is 96.9 Å². The summed E-state index contributed by atoms with van der Waals surface area (Å²) in [6.45, 7) is 1.74. The van der Waals surface area contributed by atoms with E-state index >= 15 is 0 Å². The number of nitrogens with one attached hydrogen (secondary N) is 2. The zero-order valence-electron chi connectivity index (χ0n) is 15.0. The molecule has 3 N–H and O–H groups in total. The third-order valence-electron chi connectivity index (χ3n) is 4.26. The molecule has 0 saturated carbocycles. The Bertz CT molecular complexity index is 820. The molecule has 2 aromatic rings. The molecule has 1 unspecified atom stereocenters. The van der Waals surface area contributed by atoms with E-state index in [1.807, 2.05) is 30.3 Å². The van der Waals surface area contributed by atoms with Gasteiger partial charge in [0, 0.05) is 18.3 Å². The molecule has 1 aliphatic heterocycles. The number of aliphatic hydroxyl groups is 1. The fourth-order valence-electron chi connectivity index (χ4n) is 2.66. The van der Waals surface area contributed by atoms with Gasteiger partial charge in [-0.2, -0.15) is 0 Å². The molecule has 1 heterocycles. The van der Waals surface area contributed by atoms with Gasteiger partial charge in [0.2, 0.25) is 6.79 Å². The first-order chi connectivity index (χ1) is 12.9. The first-order valence-corrected chi connectivity index (χ1v) is 8.68. The van der Waals surface area contributed by atoms with Gasteiger partial charge in [-0.05, 0) is 37.5 Å². The quantitative estimate of drug-likeness (QED) is 0.675. The number of carbonyl (C=O) groups is 2. The van der Waals surface area contributed by atoms with Crippen molar-refractivity contribution in [2.75, 3.05) is 18.7 Å². The van der Waals surface area contributed by atoms with Crippen LogP contribution in [0.2, 0.25) is 0 Å². The average molecular weight is 370 g/mol. The molecule has 2 amide bonds. The maximum absolute atomic E-state index is 12.0. The SMILES string of the molecule is CC(O)(CCc1ccccc1)CNC(=O)C(=O)Nc1ccc2c(c1)OCO2. The summed E-state index contributed by atoms with van der Waals surface area (Å²) in [6, 6.07) is 14.6. The number of carbonyl (C=O) groups excluding carboxylic acids is 2. The second-order valence-electron chi connectivity index (χ2n) is 6.69. The Labute approximate surface area is 157 Å². The molecule has 1 atom stereocenters. The molecule has 1 aliphatic rings. The molecule has 27 heavy (non-hydrogen) atoms. The lowest BCUT2D eigenvalue weighted by atomic mass is 9.97. The van der Waals surface area contributed by atoms with E-state index in [9.17, 15) is 14.7 Å². The van der Waals surface area contributed by atoms with Crippen LogP contribution < -0.4 is 20.1 Å². The second-order valence-corrected chi connectivity index (χ2v) is 6.69. The summed E-state index contributed by atoms with van der Waals surface area (Å²) >= 11 is 0. The van der Waals surface area contributed by atoms with Crippen LogP contribution in [0.15, 0.2) is 48.5 Å². The van der Waals surface area contributed by atoms with E-state index in [1.165, 1.54) is 0 Å². The monoisotopic (exact) mass is 370 g/mol. The number of rotatable bonds is 6. The van der Waals surface area contributed by atoms with Crippen molar-refractivity contribution in [1.82, 2.24) is 5.32 Å². The summed E-state index contributed by atoms with van der Waals surface area (Å²) in [7, 11) is 0. The largest absolute Gasteiger partial charge is 0.454 e. The Kier molecular flexibility index (Phi) is 5.61. The van der Waals surface area contributed by atoms with Crippen molar-refractivity contribution in [1.29, 1.82) is 0 Å². The maximum Gasteiger partial charge on any atom is 0.313 e. The number of amides is 2. The smallest absolute Gasteiger partial charge is 0.313 e. The highest BCUT2D eigenvalue weighted by Gasteiger charge is 2.23. The third-order valence-corrected chi connectivity index (χ3v) is 4.26. The predicted molar refractivity (Wildman–Crippen MR) is 99.6 cm³/mol. The van der Waals surface area contributed by atoms with E-state index in [4.69, 9.17) is 9.47 Å². The normalized spacial score (nSPS) is 14.3. The van der Waals surface area contributed by atoms with Crippen LogP contribution in [-0.4, -0.2) is 35.9 Å². The van der Waals surface area contributed by atoms with Gasteiger partial charge >= 0.3 is 11.8 Å². The highest BCUT2D eigenvalue weighted by Crippen LogP contribution is 2.34. The molecular weight excluding hydrogens is 348 g/mol. The molecule has 0 spiro atoms. The number of aryl methyl sites for hydroxylation is 1. The molecule has 0 aliphatic carbocycles. The number of anilines is 1. The molecule has 7 heteroatoms. The van der Waals surface area contributed by atoms with Crippen molar-refractivity contribution in [2.45, 2.75) is 25.4 Å². The Hall–Kier alpha value is -3.06. The van der Waals surface area contributed by atoms with Gasteiger partial charge in [-0.15, -0.1) is 0 Å². The Morgan fingerprint density at radius 3 is 2.59 bits per heavy atom. The minimum Gasteiger partial charge on any atom is -0.454 e. The van der Waals surface area contributed by atoms with Crippen LogP contribution in [-0.2, 0) is 16.0 Å². The van der Waals surface area contributed by atoms with E-state index in [1.54, 1.807) is 25.1 Å². The second kappa shape index (κ2) is 8.09. The van der Waals surface area contributed by atoms with Crippen molar-refractivity contribution in [3.05, 3.63) is 54.1 Å². The molecule has 0 radical (unpaired) electrons. The maximum atomic E-state index is 12.0. The van der Waals surface area contributed by atoms with Crippen LogP contribution in [0.4, 0.5) is 5.69 Å². The van der Waals surface area contributed by atoms with Crippen LogP contribution in [0.5, 0.6) is 11.5 Å². The summed E-state index contributed by atoms with van der Waals surface area (Å²) in [4.78, 5) is 24.0. The molecule has 7 nitrogen and oxygen atoms in total. The lowest BCUT2D eigenvalue weighted by molar-refractivity contribution is -0.136. The van der Waals surface area contributed by atoms with E-state index in [2.05, 4.69) is 10.6 Å². The molecular formula is C20H22N2O5. The molecule has 142 valence electrons. The van der Waals surface area contributed by atoms with E-state index in [0.717, 1.165) is 5.56 Å². The lowest BCUT2D eigenvalue weighted by Gasteiger charge is -2.23. The van der Waals surface area contributed by atoms with Crippen LogP contribution in [0.1, 0.15) is 18.9 Å². The van der Waals surface area contributed by atoms with Gasteiger partial charge in [0.05, 0.1) is 5.60 Å². The number of hydrogen-bond donors (Lipinski definition) is 3. The fourth-order valence-corrected chi connectivity index (χ4v) is 2.66. The lowest BCUT2D eigenvalue weighted by Crippen LogP contribution is -2.44. The number of hydrogen-bond acceptors (Lipinski definition) is 5. The van der Waals surface area contributed by atoms with Crippen LogP contribution in [0, 0.1) is 0 Å². The van der Waals surface area contributed by atoms with Crippen LogP contribution in [0.25, 0.3) is 0 Å². The molecule has 3 rings (SSSR count). The van der Waals surface area contributed by atoms with Crippen molar-refractivity contribution in [3.8, 4) is 11.5 Å². The summed E-state index contributed by atoms with van der Waals surface area (Å²) in [5.74, 6) is -0.524. The summed E-state index contributed by atoms with van der Waals surface area (Å²) < 4.78 is 10.4. The van der Waals surface area contributed by atoms with Gasteiger partial charge in [-0.3, -0.25) is 9.59 Å². The van der Waals surface area contributed by atoms with E-state index in [0.29, 0.717) is 30.0 Å². The molecule has 0 saturated heterocycles. The Balaban J connectivity index is 1.47. The molecule has 0 bridgehead atoms. The third kappa shape index (κ3) is 5.21. The van der Waals surface area contributed by atoms with Crippen molar-refractivity contribution in [2.24, 2.45) is 0 Å². The van der Waals surface area contributed by atoms with Crippen molar-refractivity contribution in [3.63, 3.8) is 0 Å². The van der Waals surface area contributed by atoms with E-state index < -0.39 is 17.4 Å². The number of benzene rings is 2. The Morgan fingerprint density at radius 2 is 1.81 bits per heavy atom. The van der Waals surface area contributed by atoms with Crippen molar-refractivity contribution < 1.29 is 24.2 Å². The standard InChI is InChI=1S/C20H22N2O5/c1-20(25,10-9-14-5-3-2-4-6-14)12-21-18(23)19(24)22-15-7-8-16-17(11-15)27-13-26-16/h2-8,11,25H,9-10,12-13H2,1H3,(H,21,23)(H,22,24). The van der Waals surface area contributed by atoms with Crippen LogP contribution in [0.3, 0.4) is 0 Å². The first kappa shape index (κ1) is 18.7. The summed E-state index contributed by atoms with van der Waals surface area (Å²) in [5.41, 5.74) is 0.407. The highest BCUT2D eigenvalue weighted by molar-refractivity contribution is 6.39. The molecule has 0 aromatic heterocycles. The summed E-state index contributed by atoms with van der Waals surface area (Å²) in [6.07, 6.45) is 1.13. The molecule has 0 fully saturated rings.